The van der Waals surface area contributed by atoms with Gasteiger partial charge in [-0.25, -0.2) is 18.7 Å². The second-order valence-corrected chi connectivity index (χ2v) is 3.30. The van der Waals surface area contributed by atoms with Gasteiger partial charge in [0, 0.05) is 18.3 Å². The van der Waals surface area contributed by atoms with Crippen molar-refractivity contribution < 1.29 is 17.9 Å². The summed E-state index contributed by atoms with van der Waals surface area (Å²) in [6.45, 7) is 0.230. The molecule has 2 rings (SSSR count). The zero-order valence-corrected chi connectivity index (χ0v) is 10.1. The molecule has 2 heterocycles. The molecule has 0 radical (unpaired) electrons. The highest BCUT2D eigenvalue weighted by atomic mass is 19.2. The molecule has 0 atom stereocenters. The van der Waals surface area contributed by atoms with E-state index in [-0.39, 0.29) is 6.54 Å². The van der Waals surface area contributed by atoms with Crippen molar-refractivity contribution in [3.8, 4) is 5.88 Å². The Bertz CT molecular complexity index is 516. The van der Waals surface area contributed by atoms with Crippen LogP contribution in [0.25, 0.3) is 0 Å². The number of aromatic nitrogens is 2. The van der Waals surface area contributed by atoms with Gasteiger partial charge in [0.15, 0.2) is 5.82 Å². The van der Waals surface area contributed by atoms with E-state index in [1.54, 1.807) is 0 Å². The maximum absolute atomic E-state index is 12.5. The molecule has 0 saturated heterocycles. The molecule has 2 aromatic rings. The minimum atomic E-state index is -1.05. The van der Waals surface area contributed by atoms with Crippen molar-refractivity contribution in [1.29, 1.82) is 0 Å². The SMILES string of the molecule is COc1ncc(F)cc1CN.Fc1cccnc1F. The first-order chi connectivity index (χ1) is 9.08. The third kappa shape index (κ3) is 4.55. The summed E-state index contributed by atoms with van der Waals surface area (Å²) >= 11 is 0. The summed E-state index contributed by atoms with van der Waals surface area (Å²) in [6, 6.07) is 3.66. The summed E-state index contributed by atoms with van der Waals surface area (Å²) in [6.07, 6.45) is 2.29. The molecule has 0 amide bonds. The van der Waals surface area contributed by atoms with E-state index in [1.807, 2.05) is 0 Å². The molecule has 0 saturated carbocycles. The van der Waals surface area contributed by atoms with Gasteiger partial charge in [-0.15, -0.1) is 0 Å². The number of nitrogens with zero attached hydrogens (tertiary/aromatic N) is 2. The van der Waals surface area contributed by atoms with Gasteiger partial charge in [0.1, 0.15) is 5.82 Å². The maximum atomic E-state index is 12.5. The molecule has 102 valence electrons. The minimum absolute atomic E-state index is 0.230. The van der Waals surface area contributed by atoms with Crippen LogP contribution >= 0.6 is 0 Å². The lowest BCUT2D eigenvalue weighted by molar-refractivity contribution is 0.390. The topological polar surface area (TPSA) is 61.0 Å². The Morgan fingerprint density at radius 3 is 2.47 bits per heavy atom. The zero-order valence-electron chi connectivity index (χ0n) is 10.1. The molecule has 0 aliphatic heterocycles. The predicted molar refractivity (Wildman–Crippen MR) is 62.8 cm³/mol. The van der Waals surface area contributed by atoms with Crippen LogP contribution in [0.4, 0.5) is 13.2 Å². The molecule has 2 N–H and O–H groups in total. The summed E-state index contributed by atoms with van der Waals surface area (Å²) in [5.74, 6) is -1.97. The smallest absolute Gasteiger partial charge is 0.248 e. The number of hydrogen-bond donors (Lipinski definition) is 1. The summed E-state index contributed by atoms with van der Waals surface area (Å²) in [5.41, 5.74) is 5.88. The lowest BCUT2D eigenvalue weighted by Crippen LogP contribution is -2.02. The van der Waals surface area contributed by atoms with Crippen LogP contribution in [0.3, 0.4) is 0 Å². The van der Waals surface area contributed by atoms with Gasteiger partial charge < -0.3 is 10.5 Å². The molecule has 7 heteroatoms. The van der Waals surface area contributed by atoms with Crippen molar-refractivity contribution in [2.45, 2.75) is 6.54 Å². The van der Waals surface area contributed by atoms with Crippen molar-refractivity contribution in [3.63, 3.8) is 0 Å². The number of methoxy groups -OCH3 is 1. The van der Waals surface area contributed by atoms with E-state index in [4.69, 9.17) is 10.5 Å². The summed E-state index contributed by atoms with van der Waals surface area (Å²) in [4.78, 5) is 6.73. The lowest BCUT2D eigenvalue weighted by atomic mass is 10.3. The minimum Gasteiger partial charge on any atom is -0.481 e. The van der Waals surface area contributed by atoms with Crippen molar-refractivity contribution in [2.24, 2.45) is 5.73 Å². The van der Waals surface area contributed by atoms with Crippen molar-refractivity contribution in [2.75, 3.05) is 7.11 Å². The maximum Gasteiger partial charge on any atom is 0.248 e. The number of pyridine rings is 2. The molecule has 19 heavy (non-hydrogen) atoms. The van der Waals surface area contributed by atoms with Crippen LogP contribution in [0.15, 0.2) is 30.6 Å². The molecule has 0 spiro atoms. The summed E-state index contributed by atoms with van der Waals surface area (Å²) in [5, 5.41) is 0. The van der Waals surface area contributed by atoms with Crippen LogP contribution in [-0.4, -0.2) is 17.1 Å². The Balaban J connectivity index is 0.000000200. The first-order valence-electron chi connectivity index (χ1n) is 5.23. The van der Waals surface area contributed by atoms with Crippen LogP contribution in [0.2, 0.25) is 0 Å². The van der Waals surface area contributed by atoms with Crippen molar-refractivity contribution in [1.82, 2.24) is 9.97 Å². The molecule has 0 bridgehead atoms. The average Bonchev–Trinajstić information content (AvgIpc) is 2.42. The van der Waals surface area contributed by atoms with Gasteiger partial charge in [0.05, 0.1) is 13.3 Å². The van der Waals surface area contributed by atoms with Crippen LogP contribution in [-0.2, 0) is 6.54 Å². The van der Waals surface area contributed by atoms with Gasteiger partial charge in [0.2, 0.25) is 11.8 Å². The van der Waals surface area contributed by atoms with Gasteiger partial charge in [-0.1, -0.05) is 0 Å². The van der Waals surface area contributed by atoms with Crippen molar-refractivity contribution in [3.05, 3.63) is 53.7 Å². The Kier molecular flexibility index (Phi) is 5.74. The number of halogens is 3. The molecule has 0 aliphatic rings. The first-order valence-corrected chi connectivity index (χ1v) is 5.23. The van der Waals surface area contributed by atoms with E-state index < -0.39 is 17.6 Å². The van der Waals surface area contributed by atoms with E-state index in [2.05, 4.69) is 9.97 Å². The van der Waals surface area contributed by atoms with Crippen LogP contribution in [0.1, 0.15) is 5.56 Å². The fourth-order valence-corrected chi connectivity index (χ4v) is 1.17. The third-order valence-corrected chi connectivity index (χ3v) is 2.02. The Morgan fingerprint density at radius 1 is 1.26 bits per heavy atom. The normalized spacial score (nSPS) is 9.53. The number of hydrogen-bond acceptors (Lipinski definition) is 4. The van der Waals surface area contributed by atoms with Crippen molar-refractivity contribution >= 4 is 0 Å². The average molecular weight is 271 g/mol. The molecule has 0 fully saturated rings. The highest BCUT2D eigenvalue weighted by Gasteiger charge is 2.02. The largest absolute Gasteiger partial charge is 0.481 e. The number of nitrogens with two attached hydrogens (primary N) is 1. The Hall–Kier alpha value is -2.15. The molecular weight excluding hydrogens is 259 g/mol. The second-order valence-electron chi connectivity index (χ2n) is 3.30. The molecule has 2 aromatic heterocycles. The van der Waals surface area contributed by atoms with Gasteiger partial charge in [-0.3, -0.25) is 0 Å². The quantitative estimate of drug-likeness (QED) is 0.849. The standard InChI is InChI=1S/C7H9FN2O.C5H3F2N/c1-11-7-5(3-9)2-6(8)4-10-7;6-4-2-1-3-8-5(4)7/h2,4H,3,9H2,1H3;1-3H. The molecular formula is C12H12F3N3O. The fraction of sp³-hybridized carbons (Fsp3) is 0.167. The van der Waals surface area contributed by atoms with Gasteiger partial charge >= 0.3 is 0 Å². The fourth-order valence-electron chi connectivity index (χ4n) is 1.17. The highest BCUT2D eigenvalue weighted by Crippen LogP contribution is 2.13. The predicted octanol–water partition coefficient (Wildman–Crippen LogP) is 2.05. The van der Waals surface area contributed by atoms with E-state index in [9.17, 15) is 13.2 Å². The van der Waals surface area contributed by atoms with E-state index in [0.717, 1.165) is 12.3 Å². The Morgan fingerprint density at radius 2 is 2.00 bits per heavy atom. The van der Waals surface area contributed by atoms with Gasteiger partial charge in [-0.05, 0) is 18.2 Å². The monoisotopic (exact) mass is 271 g/mol. The molecule has 4 nitrogen and oxygen atoms in total. The Labute approximate surface area is 108 Å². The lowest BCUT2D eigenvalue weighted by Gasteiger charge is -2.03. The van der Waals surface area contributed by atoms with E-state index in [0.29, 0.717) is 11.4 Å². The second kappa shape index (κ2) is 7.32. The number of rotatable bonds is 2. The van der Waals surface area contributed by atoms with E-state index >= 15 is 0 Å². The summed E-state index contributed by atoms with van der Waals surface area (Å²) < 4.78 is 41.0. The summed E-state index contributed by atoms with van der Waals surface area (Å²) in [7, 11) is 1.47. The highest BCUT2D eigenvalue weighted by molar-refractivity contribution is 5.25. The number of ether oxygens (including phenoxy) is 1. The zero-order chi connectivity index (χ0) is 14.3. The van der Waals surface area contributed by atoms with Crippen LogP contribution in [0.5, 0.6) is 5.88 Å². The van der Waals surface area contributed by atoms with Gasteiger partial charge in [-0.2, -0.15) is 4.39 Å². The third-order valence-electron chi connectivity index (χ3n) is 2.02. The molecule has 0 aliphatic carbocycles. The van der Waals surface area contributed by atoms with Crippen LogP contribution in [0, 0.1) is 17.6 Å². The molecule has 0 unspecified atom stereocenters. The van der Waals surface area contributed by atoms with Gasteiger partial charge in [0.25, 0.3) is 0 Å². The van der Waals surface area contributed by atoms with Crippen LogP contribution < -0.4 is 10.5 Å². The first kappa shape index (κ1) is 14.9. The van der Waals surface area contributed by atoms with E-state index in [1.165, 1.54) is 25.4 Å². The molecule has 0 aromatic carbocycles.